The molecular formula is C17H24BrN. The van der Waals surface area contributed by atoms with Gasteiger partial charge in [-0.1, -0.05) is 49.7 Å². The van der Waals surface area contributed by atoms with E-state index in [2.05, 4.69) is 67.1 Å². The fourth-order valence-electron chi connectivity index (χ4n) is 3.90. The van der Waals surface area contributed by atoms with Crippen molar-refractivity contribution < 1.29 is 0 Å². The van der Waals surface area contributed by atoms with Crippen LogP contribution in [0.2, 0.25) is 0 Å². The highest BCUT2D eigenvalue weighted by molar-refractivity contribution is 9.10. The molecule has 1 fully saturated rings. The van der Waals surface area contributed by atoms with Crippen molar-refractivity contribution >= 4 is 15.9 Å². The maximum atomic E-state index is 3.82. The first-order chi connectivity index (χ1) is 8.84. The van der Waals surface area contributed by atoms with Gasteiger partial charge >= 0.3 is 0 Å². The van der Waals surface area contributed by atoms with Crippen LogP contribution in [0.1, 0.15) is 51.3 Å². The van der Waals surface area contributed by atoms with Gasteiger partial charge in [-0.25, -0.2) is 0 Å². The molecule has 2 aliphatic carbocycles. The molecule has 1 N–H and O–H groups in total. The lowest BCUT2D eigenvalue weighted by molar-refractivity contribution is 0.457. The van der Waals surface area contributed by atoms with Crippen molar-refractivity contribution in [1.29, 1.82) is 0 Å². The summed E-state index contributed by atoms with van der Waals surface area (Å²) in [7, 11) is 0. The van der Waals surface area contributed by atoms with Crippen LogP contribution in [0, 0.1) is 16.7 Å². The molecule has 0 bridgehead atoms. The van der Waals surface area contributed by atoms with Crippen molar-refractivity contribution in [3.8, 4) is 0 Å². The molecule has 104 valence electrons. The summed E-state index contributed by atoms with van der Waals surface area (Å²) in [4.78, 5) is 0. The van der Waals surface area contributed by atoms with Crippen molar-refractivity contribution in [1.82, 2.24) is 5.32 Å². The second-order valence-corrected chi connectivity index (χ2v) is 8.25. The number of aryl methyl sites for hydroxylation is 1. The van der Waals surface area contributed by atoms with Crippen LogP contribution in [0.5, 0.6) is 0 Å². The summed E-state index contributed by atoms with van der Waals surface area (Å²) in [5.41, 5.74) is 4.00. The van der Waals surface area contributed by atoms with E-state index >= 15 is 0 Å². The Bertz CT molecular complexity index is 490. The summed E-state index contributed by atoms with van der Waals surface area (Å²) in [5, 5.41) is 3.82. The molecule has 0 aliphatic heterocycles. The molecular weight excluding hydrogens is 298 g/mol. The minimum Gasteiger partial charge on any atom is -0.310 e. The predicted octanol–water partition coefficient (Wildman–Crippen LogP) is 4.71. The van der Waals surface area contributed by atoms with Crippen molar-refractivity contribution in [3.63, 3.8) is 0 Å². The summed E-state index contributed by atoms with van der Waals surface area (Å²) in [6.07, 6.45) is 2.46. The molecule has 0 heterocycles. The molecule has 1 saturated carbocycles. The topological polar surface area (TPSA) is 12.0 Å². The van der Waals surface area contributed by atoms with Crippen LogP contribution in [0.25, 0.3) is 0 Å². The minimum atomic E-state index is 0.487. The lowest BCUT2D eigenvalue weighted by atomic mass is 10.0. The van der Waals surface area contributed by atoms with Gasteiger partial charge in [-0.15, -0.1) is 0 Å². The van der Waals surface area contributed by atoms with Crippen molar-refractivity contribution in [2.45, 2.75) is 46.6 Å². The first kappa shape index (κ1) is 13.6. The SMILES string of the molecule is CC1(C)C(CNC2CCc3cc(Br)ccc32)C1(C)C. The Morgan fingerprint density at radius 1 is 1.21 bits per heavy atom. The molecule has 1 aromatic rings. The van der Waals surface area contributed by atoms with Crippen LogP contribution >= 0.6 is 15.9 Å². The molecule has 19 heavy (non-hydrogen) atoms. The number of fused-ring (bicyclic) bond motifs is 1. The van der Waals surface area contributed by atoms with E-state index in [1.165, 1.54) is 28.4 Å². The molecule has 1 nitrogen and oxygen atoms in total. The summed E-state index contributed by atoms with van der Waals surface area (Å²) < 4.78 is 1.20. The van der Waals surface area contributed by atoms with Gasteiger partial charge in [0, 0.05) is 10.5 Å². The normalized spacial score (nSPS) is 27.3. The molecule has 0 saturated heterocycles. The summed E-state index contributed by atoms with van der Waals surface area (Å²) in [6.45, 7) is 10.8. The molecule has 0 amide bonds. The second kappa shape index (κ2) is 4.33. The Kier molecular flexibility index (Phi) is 3.10. The van der Waals surface area contributed by atoms with E-state index in [1.54, 1.807) is 0 Å². The third-order valence-electron chi connectivity index (χ3n) is 6.07. The van der Waals surface area contributed by atoms with E-state index < -0.39 is 0 Å². The number of benzene rings is 1. The zero-order chi connectivity index (χ0) is 13.8. The first-order valence-corrected chi connectivity index (χ1v) is 8.15. The lowest BCUT2D eigenvalue weighted by Gasteiger charge is -2.15. The highest BCUT2D eigenvalue weighted by Gasteiger charge is 2.63. The summed E-state index contributed by atoms with van der Waals surface area (Å²) in [5.74, 6) is 0.805. The third kappa shape index (κ3) is 2.08. The van der Waals surface area contributed by atoms with Gasteiger partial charge in [0.1, 0.15) is 0 Å². The molecule has 0 aromatic heterocycles. The molecule has 0 spiro atoms. The average Bonchev–Trinajstić information content (AvgIpc) is 2.64. The van der Waals surface area contributed by atoms with E-state index in [-0.39, 0.29) is 0 Å². The van der Waals surface area contributed by atoms with Crippen LogP contribution in [-0.2, 0) is 6.42 Å². The highest BCUT2D eigenvalue weighted by atomic mass is 79.9. The minimum absolute atomic E-state index is 0.487. The largest absolute Gasteiger partial charge is 0.310 e. The van der Waals surface area contributed by atoms with Gasteiger partial charge in [0.2, 0.25) is 0 Å². The molecule has 1 unspecified atom stereocenters. The van der Waals surface area contributed by atoms with Crippen molar-refractivity contribution in [2.75, 3.05) is 6.54 Å². The second-order valence-electron chi connectivity index (χ2n) is 7.34. The Hall–Kier alpha value is -0.340. The zero-order valence-electron chi connectivity index (χ0n) is 12.4. The third-order valence-corrected chi connectivity index (χ3v) is 6.56. The lowest BCUT2D eigenvalue weighted by Crippen LogP contribution is -2.23. The molecule has 1 atom stereocenters. The smallest absolute Gasteiger partial charge is 0.0326 e. The molecule has 1 aromatic carbocycles. The van der Waals surface area contributed by atoms with Gasteiger partial charge in [-0.2, -0.15) is 0 Å². The van der Waals surface area contributed by atoms with Gasteiger partial charge in [0.25, 0.3) is 0 Å². The standard InChI is InChI=1S/C17H24BrN/c1-16(2)15(17(16,3)4)10-19-14-8-5-11-9-12(18)6-7-13(11)14/h6-7,9,14-15,19H,5,8,10H2,1-4H3. The molecule has 2 aliphatic rings. The Balaban J connectivity index is 1.65. The number of hydrogen-bond donors (Lipinski definition) is 1. The average molecular weight is 322 g/mol. The van der Waals surface area contributed by atoms with Crippen LogP contribution in [0.15, 0.2) is 22.7 Å². The zero-order valence-corrected chi connectivity index (χ0v) is 14.0. The quantitative estimate of drug-likeness (QED) is 0.850. The molecule has 3 rings (SSSR count). The maximum Gasteiger partial charge on any atom is 0.0326 e. The maximum absolute atomic E-state index is 3.82. The number of hydrogen-bond acceptors (Lipinski definition) is 1. The fourth-order valence-corrected chi connectivity index (χ4v) is 4.31. The Morgan fingerprint density at radius 3 is 2.53 bits per heavy atom. The number of rotatable bonds is 3. The van der Waals surface area contributed by atoms with E-state index in [1.807, 2.05) is 0 Å². The van der Waals surface area contributed by atoms with Crippen LogP contribution in [0.3, 0.4) is 0 Å². The fraction of sp³-hybridized carbons (Fsp3) is 0.647. The van der Waals surface area contributed by atoms with Crippen molar-refractivity contribution in [2.24, 2.45) is 16.7 Å². The van der Waals surface area contributed by atoms with Crippen LogP contribution < -0.4 is 5.32 Å². The Labute approximate surface area is 125 Å². The van der Waals surface area contributed by atoms with Gasteiger partial charge in [0.15, 0.2) is 0 Å². The van der Waals surface area contributed by atoms with Gasteiger partial charge < -0.3 is 5.32 Å². The molecule has 0 radical (unpaired) electrons. The van der Waals surface area contributed by atoms with Crippen LogP contribution in [-0.4, -0.2) is 6.54 Å². The Morgan fingerprint density at radius 2 is 1.89 bits per heavy atom. The monoisotopic (exact) mass is 321 g/mol. The van der Waals surface area contributed by atoms with Gasteiger partial charge in [-0.3, -0.25) is 0 Å². The van der Waals surface area contributed by atoms with E-state index in [9.17, 15) is 0 Å². The summed E-state index contributed by atoms with van der Waals surface area (Å²) in [6, 6.07) is 7.30. The van der Waals surface area contributed by atoms with E-state index in [4.69, 9.17) is 0 Å². The number of halogens is 1. The van der Waals surface area contributed by atoms with Crippen molar-refractivity contribution in [3.05, 3.63) is 33.8 Å². The summed E-state index contributed by atoms with van der Waals surface area (Å²) >= 11 is 3.57. The predicted molar refractivity (Wildman–Crippen MR) is 84.3 cm³/mol. The first-order valence-electron chi connectivity index (χ1n) is 7.36. The molecule has 2 heteroatoms. The van der Waals surface area contributed by atoms with Gasteiger partial charge in [-0.05, 0) is 59.4 Å². The highest BCUT2D eigenvalue weighted by Crippen LogP contribution is 2.68. The number of nitrogens with one attached hydrogen (secondary N) is 1. The van der Waals surface area contributed by atoms with Gasteiger partial charge in [0.05, 0.1) is 0 Å². The van der Waals surface area contributed by atoms with E-state index in [0.717, 1.165) is 12.5 Å². The van der Waals surface area contributed by atoms with E-state index in [0.29, 0.717) is 16.9 Å². The van der Waals surface area contributed by atoms with Crippen LogP contribution in [0.4, 0.5) is 0 Å².